The number of aromatic amines is 1. The SMILES string of the molecule is O=C(COc1ccccc1F)N1CCCN(C(=O)c2ccc(=O)[nH]n2)CC1. The predicted octanol–water partition coefficient (Wildman–Crippen LogP) is 0.662. The molecule has 0 bridgehead atoms. The minimum Gasteiger partial charge on any atom is -0.481 e. The summed E-state index contributed by atoms with van der Waals surface area (Å²) in [6.45, 7) is 1.36. The second kappa shape index (κ2) is 8.43. The fourth-order valence-electron chi connectivity index (χ4n) is 2.79. The average Bonchev–Trinajstić information content (AvgIpc) is 2.93. The topological polar surface area (TPSA) is 95.6 Å². The molecule has 0 unspecified atom stereocenters. The van der Waals surface area contributed by atoms with Crippen molar-refractivity contribution in [2.75, 3.05) is 32.8 Å². The molecule has 1 saturated heterocycles. The van der Waals surface area contributed by atoms with Crippen LogP contribution in [0.25, 0.3) is 0 Å². The van der Waals surface area contributed by atoms with Gasteiger partial charge in [-0.25, -0.2) is 9.49 Å². The Hall–Kier alpha value is -3.23. The van der Waals surface area contributed by atoms with Gasteiger partial charge in [0.2, 0.25) is 0 Å². The molecular weight excluding hydrogens is 355 g/mol. The zero-order chi connectivity index (χ0) is 19.2. The fraction of sp³-hybridized carbons (Fsp3) is 0.333. The molecule has 0 saturated carbocycles. The maximum absolute atomic E-state index is 13.6. The van der Waals surface area contributed by atoms with E-state index in [1.165, 1.54) is 24.3 Å². The van der Waals surface area contributed by atoms with Crippen LogP contribution in [0.4, 0.5) is 4.39 Å². The molecule has 1 aromatic carbocycles. The van der Waals surface area contributed by atoms with E-state index >= 15 is 0 Å². The lowest BCUT2D eigenvalue weighted by atomic mass is 10.3. The van der Waals surface area contributed by atoms with E-state index in [0.717, 1.165) is 0 Å². The van der Waals surface area contributed by atoms with Gasteiger partial charge in [0.15, 0.2) is 18.2 Å². The van der Waals surface area contributed by atoms with Crippen LogP contribution >= 0.6 is 0 Å². The van der Waals surface area contributed by atoms with E-state index < -0.39 is 5.82 Å². The summed E-state index contributed by atoms with van der Waals surface area (Å²) >= 11 is 0. The third-order valence-corrected chi connectivity index (χ3v) is 4.22. The fourth-order valence-corrected chi connectivity index (χ4v) is 2.79. The Balaban J connectivity index is 1.55. The van der Waals surface area contributed by atoms with Gasteiger partial charge >= 0.3 is 0 Å². The largest absolute Gasteiger partial charge is 0.481 e. The normalized spacial score (nSPS) is 14.6. The van der Waals surface area contributed by atoms with Gasteiger partial charge in [0.05, 0.1) is 0 Å². The number of para-hydroxylation sites is 1. The average molecular weight is 374 g/mol. The van der Waals surface area contributed by atoms with Gasteiger partial charge < -0.3 is 14.5 Å². The van der Waals surface area contributed by atoms with E-state index in [4.69, 9.17) is 4.74 Å². The van der Waals surface area contributed by atoms with Crippen LogP contribution in [0.15, 0.2) is 41.2 Å². The molecule has 1 fully saturated rings. The van der Waals surface area contributed by atoms with E-state index in [9.17, 15) is 18.8 Å². The zero-order valence-electron chi connectivity index (χ0n) is 14.6. The van der Waals surface area contributed by atoms with Gasteiger partial charge in [0.1, 0.15) is 5.69 Å². The Labute approximate surface area is 154 Å². The number of amides is 2. The quantitative estimate of drug-likeness (QED) is 0.848. The maximum atomic E-state index is 13.6. The number of hydrogen-bond donors (Lipinski definition) is 1. The predicted molar refractivity (Wildman–Crippen MR) is 93.9 cm³/mol. The van der Waals surface area contributed by atoms with Gasteiger partial charge in [0, 0.05) is 32.2 Å². The van der Waals surface area contributed by atoms with Crippen molar-refractivity contribution in [2.24, 2.45) is 0 Å². The standard InChI is InChI=1S/C18H19FN4O4/c19-13-4-1-2-5-15(13)27-12-17(25)22-8-3-9-23(11-10-22)18(26)14-6-7-16(24)21-20-14/h1-2,4-7H,3,8-12H2,(H,21,24). The molecule has 0 radical (unpaired) electrons. The van der Waals surface area contributed by atoms with Gasteiger partial charge in [0.25, 0.3) is 17.4 Å². The van der Waals surface area contributed by atoms with E-state index in [1.54, 1.807) is 21.9 Å². The summed E-state index contributed by atoms with van der Waals surface area (Å²) in [6, 6.07) is 8.51. The molecule has 1 aliphatic heterocycles. The number of nitrogens with one attached hydrogen (secondary N) is 1. The van der Waals surface area contributed by atoms with Crippen LogP contribution in [0.5, 0.6) is 5.75 Å². The highest BCUT2D eigenvalue weighted by molar-refractivity contribution is 5.92. The highest BCUT2D eigenvalue weighted by Gasteiger charge is 2.24. The highest BCUT2D eigenvalue weighted by atomic mass is 19.1. The number of hydrogen-bond acceptors (Lipinski definition) is 5. The van der Waals surface area contributed by atoms with E-state index in [-0.39, 0.29) is 35.4 Å². The molecule has 1 aliphatic rings. The number of ether oxygens (including phenoxy) is 1. The van der Waals surface area contributed by atoms with Crippen molar-refractivity contribution < 1.29 is 18.7 Å². The molecule has 8 nitrogen and oxygen atoms in total. The zero-order valence-corrected chi connectivity index (χ0v) is 14.6. The van der Waals surface area contributed by atoms with E-state index in [1.807, 2.05) is 0 Å². The Morgan fingerprint density at radius 3 is 2.56 bits per heavy atom. The molecule has 142 valence electrons. The second-order valence-corrected chi connectivity index (χ2v) is 6.05. The number of aromatic nitrogens is 2. The molecular formula is C18H19FN4O4. The van der Waals surface area contributed by atoms with Crippen molar-refractivity contribution in [3.8, 4) is 5.75 Å². The number of benzene rings is 1. The first-order valence-electron chi connectivity index (χ1n) is 8.55. The lowest BCUT2D eigenvalue weighted by Crippen LogP contribution is -2.39. The van der Waals surface area contributed by atoms with Crippen molar-refractivity contribution in [3.63, 3.8) is 0 Å². The first-order valence-corrected chi connectivity index (χ1v) is 8.55. The number of carbonyl (C=O) groups excluding carboxylic acids is 2. The summed E-state index contributed by atoms with van der Waals surface area (Å²) in [7, 11) is 0. The van der Waals surface area contributed by atoms with Crippen LogP contribution in [0.3, 0.4) is 0 Å². The Morgan fingerprint density at radius 1 is 1.07 bits per heavy atom. The van der Waals surface area contributed by atoms with Crippen LogP contribution in [0, 0.1) is 5.82 Å². The highest BCUT2D eigenvalue weighted by Crippen LogP contribution is 2.15. The molecule has 0 atom stereocenters. The van der Waals surface area contributed by atoms with E-state index in [2.05, 4.69) is 10.2 Å². The van der Waals surface area contributed by atoms with Crippen molar-refractivity contribution in [1.82, 2.24) is 20.0 Å². The lowest BCUT2D eigenvalue weighted by Gasteiger charge is -2.22. The Bertz CT molecular complexity index is 865. The smallest absolute Gasteiger partial charge is 0.274 e. The van der Waals surface area contributed by atoms with Gasteiger partial charge in [-0.05, 0) is 24.6 Å². The van der Waals surface area contributed by atoms with Crippen molar-refractivity contribution in [3.05, 3.63) is 58.3 Å². The molecule has 0 spiro atoms. The van der Waals surface area contributed by atoms with E-state index in [0.29, 0.717) is 32.6 Å². The van der Waals surface area contributed by atoms with Crippen LogP contribution in [-0.2, 0) is 4.79 Å². The summed E-state index contributed by atoms with van der Waals surface area (Å²) < 4.78 is 18.8. The summed E-state index contributed by atoms with van der Waals surface area (Å²) in [5.74, 6) is -1.06. The van der Waals surface area contributed by atoms with Crippen LogP contribution < -0.4 is 10.3 Å². The van der Waals surface area contributed by atoms with Crippen molar-refractivity contribution >= 4 is 11.8 Å². The molecule has 2 heterocycles. The second-order valence-electron chi connectivity index (χ2n) is 6.05. The summed E-state index contributed by atoms with van der Waals surface area (Å²) in [4.78, 5) is 39.0. The molecule has 3 rings (SSSR count). The summed E-state index contributed by atoms with van der Waals surface area (Å²) in [5, 5.41) is 5.98. The first kappa shape index (κ1) is 18.6. The van der Waals surface area contributed by atoms with Gasteiger partial charge in [-0.3, -0.25) is 14.4 Å². The Morgan fingerprint density at radius 2 is 1.81 bits per heavy atom. The van der Waals surface area contributed by atoms with Crippen molar-refractivity contribution in [2.45, 2.75) is 6.42 Å². The number of rotatable bonds is 4. The molecule has 1 aromatic heterocycles. The van der Waals surface area contributed by atoms with Gasteiger partial charge in [-0.1, -0.05) is 12.1 Å². The molecule has 2 aromatic rings. The minimum absolute atomic E-state index is 0.0293. The molecule has 2 amide bonds. The first-order chi connectivity index (χ1) is 13.0. The number of H-pyrrole nitrogens is 1. The summed E-state index contributed by atoms with van der Waals surface area (Å²) in [6.07, 6.45) is 0.598. The molecule has 0 aliphatic carbocycles. The number of carbonyl (C=O) groups is 2. The molecule has 1 N–H and O–H groups in total. The van der Waals surface area contributed by atoms with Gasteiger partial charge in [-0.15, -0.1) is 0 Å². The van der Waals surface area contributed by atoms with Crippen LogP contribution in [-0.4, -0.2) is 64.6 Å². The summed E-state index contributed by atoms with van der Waals surface area (Å²) in [5.41, 5.74) is -0.230. The van der Waals surface area contributed by atoms with Crippen LogP contribution in [0.1, 0.15) is 16.9 Å². The van der Waals surface area contributed by atoms with Crippen molar-refractivity contribution in [1.29, 1.82) is 0 Å². The third kappa shape index (κ3) is 4.69. The monoisotopic (exact) mass is 374 g/mol. The number of nitrogens with zero attached hydrogens (tertiary/aromatic N) is 3. The van der Waals surface area contributed by atoms with Crippen LogP contribution in [0.2, 0.25) is 0 Å². The maximum Gasteiger partial charge on any atom is 0.274 e. The molecule has 27 heavy (non-hydrogen) atoms. The molecule has 9 heteroatoms. The number of halogens is 1. The minimum atomic E-state index is -0.522. The third-order valence-electron chi connectivity index (χ3n) is 4.22. The van der Waals surface area contributed by atoms with Gasteiger partial charge in [-0.2, -0.15) is 5.10 Å². The Kier molecular flexibility index (Phi) is 5.80. The lowest BCUT2D eigenvalue weighted by molar-refractivity contribution is -0.133.